The SMILES string of the molecule is CCC1COC(c2ccccn2)=N1. The third-order valence-electron chi connectivity index (χ3n) is 2.07. The van der Waals surface area contributed by atoms with Crippen molar-refractivity contribution < 1.29 is 4.74 Å². The second-order valence-corrected chi connectivity index (χ2v) is 3.02. The maximum atomic E-state index is 5.43. The summed E-state index contributed by atoms with van der Waals surface area (Å²) in [6.07, 6.45) is 2.77. The van der Waals surface area contributed by atoms with Crippen LogP contribution in [0.2, 0.25) is 0 Å². The van der Waals surface area contributed by atoms with Gasteiger partial charge in [-0.3, -0.25) is 4.98 Å². The molecule has 0 radical (unpaired) electrons. The Kier molecular flexibility index (Phi) is 2.25. The van der Waals surface area contributed by atoms with Crippen molar-refractivity contribution in [3.8, 4) is 0 Å². The monoisotopic (exact) mass is 176 g/mol. The smallest absolute Gasteiger partial charge is 0.235 e. The minimum Gasteiger partial charge on any atom is -0.474 e. The van der Waals surface area contributed by atoms with Gasteiger partial charge in [-0.05, 0) is 18.6 Å². The van der Waals surface area contributed by atoms with Crippen LogP contribution in [-0.2, 0) is 4.74 Å². The van der Waals surface area contributed by atoms with Gasteiger partial charge in [0.15, 0.2) is 0 Å². The standard InChI is InChI=1S/C10H12N2O/c1-2-8-7-13-10(12-8)9-5-3-4-6-11-9/h3-6,8H,2,7H2,1H3. The molecule has 0 bridgehead atoms. The molecule has 1 aromatic rings. The molecule has 0 aromatic carbocycles. The highest BCUT2D eigenvalue weighted by molar-refractivity contribution is 5.93. The number of hydrogen-bond acceptors (Lipinski definition) is 3. The van der Waals surface area contributed by atoms with E-state index in [0.717, 1.165) is 12.1 Å². The molecule has 0 fully saturated rings. The molecule has 1 aliphatic rings. The minimum atomic E-state index is 0.317. The molecule has 0 saturated heterocycles. The van der Waals surface area contributed by atoms with Crippen LogP contribution in [0.3, 0.4) is 0 Å². The van der Waals surface area contributed by atoms with Crippen molar-refractivity contribution in [2.24, 2.45) is 4.99 Å². The molecule has 0 aliphatic carbocycles. The van der Waals surface area contributed by atoms with Crippen LogP contribution in [0, 0.1) is 0 Å². The van der Waals surface area contributed by atoms with Crippen LogP contribution in [0.15, 0.2) is 29.4 Å². The molecule has 2 rings (SSSR count). The van der Waals surface area contributed by atoms with Crippen molar-refractivity contribution in [3.05, 3.63) is 30.1 Å². The van der Waals surface area contributed by atoms with Crippen molar-refractivity contribution in [1.29, 1.82) is 0 Å². The Balaban J connectivity index is 2.19. The second kappa shape index (κ2) is 3.56. The Labute approximate surface area is 77.5 Å². The highest BCUT2D eigenvalue weighted by atomic mass is 16.5. The van der Waals surface area contributed by atoms with E-state index in [1.54, 1.807) is 6.20 Å². The predicted molar refractivity (Wildman–Crippen MR) is 50.8 cm³/mol. The van der Waals surface area contributed by atoms with Crippen molar-refractivity contribution in [3.63, 3.8) is 0 Å². The molecule has 1 atom stereocenters. The zero-order chi connectivity index (χ0) is 9.10. The van der Waals surface area contributed by atoms with E-state index in [0.29, 0.717) is 18.5 Å². The average molecular weight is 176 g/mol. The molecular formula is C10H12N2O. The number of ether oxygens (including phenoxy) is 1. The largest absolute Gasteiger partial charge is 0.474 e. The molecule has 1 aliphatic heterocycles. The van der Waals surface area contributed by atoms with Crippen LogP contribution in [0.4, 0.5) is 0 Å². The van der Waals surface area contributed by atoms with E-state index >= 15 is 0 Å². The molecule has 0 amide bonds. The van der Waals surface area contributed by atoms with Crippen LogP contribution in [0.5, 0.6) is 0 Å². The minimum absolute atomic E-state index is 0.317. The zero-order valence-electron chi connectivity index (χ0n) is 7.60. The Bertz CT molecular complexity index is 308. The topological polar surface area (TPSA) is 34.5 Å². The summed E-state index contributed by atoms with van der Waals surface area (Å²) in [5, 5.41) is 0. The van der Waals surface area contributed by atoms with Crippen molar-refractivity contribution in [1.82, 2.24) is 4.98 Å². The van der Waals surface area contributed by atoms with E-state index in [4.69, 9.17) is 4.74 Å². The van der Waals surface area contributed by atoms with Gasteiger partial charge in [0.05, 0.1) is 6.04 Å². The van der Waals surface area contributed by atoms with Gasteiger partial charge in [0.1, 0.15) is 12.3 Å². The summed E-state index contributed by atoms with van der Waals surface area (Å²) in [6.45, 7) is 2.81. The van der Waals surface area contributed by atoms with Gasteiger partial charge in [-0.1, -0.05) is 13.0 Å². The highest BCUT2D eigenvalue weighted by Crippen LogP contribution is 2.11. The Hall–Kier alpha value is -1.38. The first-order chi connectivity index (χ1) is 6.40. The lowest BCUT2D eigenvalue weighted by molar-refractivity contribution is 0.314. The number of aromatic nitrogens is 1. The van der Waals surface area contributed by atoms with E-state index in [1.165, 1.54) is 0 Å². The van der Waals surface area contributed by atoms with E-state index in [9.17, 15) is 0 Å². The van der Waals surface area contributed by atoms with Crippen LogP contribution in [0.1, 0.15) is 19.0 Å². The van der Waals surface area contributed by atoms with Crippen molar-refractivity contribution in [2.75, 3.05) is 6.61 Å². The molecule has 3 nitrogen and oxygen atoms in total. The van der Waals surface area contributed by atoms with Crippen molar-refractivity contribution >= 4 is 5.90 Å². The summed E-state index contributed by atoms with van der Waals surface area (Å²) in [6, 6.07) is 6.05. The third kappa shape index (κ3) is 1.69. The zero-order valence-corrected chi connectivity index (χ0v) is 7.60. The summed E-state index contributed by atoms with van der Waals surface area (Å²) in [5.41, 5.74) is 0.832. The molecule has 13 heavy (non-hydrogen) atoms. The first-order valence-electron chi connectivity index (χ1n) is 4.52. The predicted octanol–water partition coefficient (Wildman–Crippen LogP) is 1.64. The molecule has 1 unspecified atom stereocenters. The maximum absolute atomic E-state index is 5.43. The number of hydrogen-bond donors (Lipinski definition) is 0. The Morgan fingerprint density at radius 1 is 1.54 bits per heavy atom. The van der Waals surface area contributed by atoms with Gasteiger partial charge in [-0.15, -0.1) is 0 Å². The van der Waals surface area contributed by atoms with Crippen LogP contribution >= 0.6 is 0 Å². The third-order valence-corrected chi connectivity index (χ3v) is 2.07. The normalized spacial score (nSPS) is 21.0. The number of nitrogens with zero attached hydrogens (tertiary/aromatic N) is 2. The molecule has 68 valence electrons. The highest BCUT2D eigenvalue weighted by Gasteiger charge is 2.18. The lowest BCUT2D eigenvalue weighted by atomic mass is 10.3. The van der Waals surface area contributed by atoms with Crippen LogP contribution < -0.4 is 0 Å². The summed E-state index contributed by atoms with van der Waals surface area (Å²) in [4.78, 5) is 8.58. The second-order valence-electron chi connectivity index (χ2n) is 3.02. The van der Waals surface area contributed by atoms with Gasteiger partial charge >= 0.3 is 0 Å². The molecule has 2 heterocycles. The lowest BCUT2D eigenvalue weighted by Crippen LogP contribution is -2.04. The number of rotatable bonds is 2. The lowest BCUT2D eigenvalue weighted by Gasteiger charge is -1.98. The summed E-state index contributed by atoms with van der Waals surface area (Å²) >= 11 is 0. The van der Waals surface area contributed by atoms with E-state index in [1.807, 2.05) is 18.2 Å². The summed E-state index contributed by atoms with van der Waals surface area (Å²) in [7, 11) is 0. The first kappa shape index (κ1) is 8.23. The fourth-order valence-corrected chi connectivity index (χ4v) is 1.25. The van der Waals surface area contributed by atoms with Gasteiger partial charge < -0.3 is 4.74 Å². The van der Waals surface area contributed by atoms with Gasteiger partial charge in [-0.2, -0.15) is 0 Å². The van der Waals surface area contributed by atoms with Gasteiger partial charge in [0.25, 0.3) is 0 Å². The number of aliphatic imine (C=N–C) groups is 1. The van der Waals surface area contributed by atoms with Crippen LogP contribution in [-0.4, -0.2) is 23.5 Å². The Morgan fingerprint density at radius 2 is 2.46 bits per heavy atom. The Morgan fingerprint density at radius 3 is 3.08 bits per heavy atom. The molecule has 0 N–H and O–H groups in total. The average Bonchev–Trinajstić information content (AvgIpc) is 2.67. The molecular weight excluding hydrogens is 164 g/mol. The molecule has 3 heteroatoms. The van der Waals surface area contributed by atoms with Crippen LogP contribution in [0.25, 0.3) is 0 Å². The fraction of sp³-hybridized carbons (Fsp3) is 0.400. The van der Waals surface area contributed by atoms with E-state index < -0.39 is 0 Å². The van der Waals surface area contributed by atoms with Gasteiger partial charge in [0, 0.05) is 6.20 Å². The van der Waals surface area contributed by atoms with Gasteiger partial charge in [0.2, 0.25) is 5.90 Å². The van der Waals surface area contributed by atoms with Crippen molar-refractivity contribution in [2.45, 2.75) is 19.4 Å². The van der Waals surface area contributed by atoms with Gasteiger partial charge in [-0.25, -0.2) is 4.99 Å². The molecule has 0 saturated carbocycles. The maximum Gasteiger partial charge on any atom is 0.235 e. The fourth-order valence-electron chi connectivity index (χ4n) is 1.25. The molecule has 1 aromatic heterocycles. The summed E-state index contributed by atoms with van der Waals surface area (Å²) in [5.74, 6) is 0.687. The quantitative estimate of drug-likeness (QED) is 0.686. The molecule has 0 spiro atoms. The first-order valence-corrected chi connectivity index (χ1v) is 4.52. The van der Waals surface area contributed by atoms with E-state index in [2.05, 4.69) is 16.9 Å². The van der Waals surface area contributed by atoms with E-state index in [-0.39, 0.29) is 0 Å². The number of pyridine rings is 1. The summed E-state index contributed by atoms with van der Waals surface area (Å²) < 4.78 is 5.43.